The average Bonchev–Trinajstić information content (AvgIpc) is 2.47. The summed E-state index contributed by atoms with van der Waals surface area (Å²) in [6.45, 7) is 3.77. The van der Waals surface area contributed by atoms with E-state index in [1.54, 1.807) is 18.2 Å². The molecule has 0 heterocycles. The molecule has 1 aromatic rings. The number of nitrogens with one attached hydrogen (secondary N) is 1. The topological polar surface area (TPSA) is 73.9 Å². The first-order valence-electron chi connectivity index (χ1n) is 6.48. The van der Waals surface area contributed by atoms with Crippen LogP contribution in [0.5, 0.6) is 5.75 Å². The number of rotatable bonds is 6. The molecule has 0 aliphatic heterocycles. The summed E-state index contributed by atoms with van der Waals surface area (Å²) in [5, 5.41) is 2.84. The van der Waals surface area contributed by atoms with E-state index in [9.17, 15) is 9.59 Å². The summed E-state index contributed by atoms with van der Waals surface area (Å²) in [6.07, 6.45) is 0.966. The fourth-order valence-corrected chi connectivity index (χ4v) is 1.87. The number of esters is 2. The summed E-state index contributed by atoms with van der Waals surface area (Å²) in [6, 6.07) is 5.26. The Labute approximate surface area is 137 Å². The summed E-state index contributed by atoms with van der Waals surface area (Å²) in [5.74, 6) is -0.829. The molecule has 0 aliphatic carbocycles. The molecule has 0 saturated heterocycles. The standard InChI is InChI=1S/C15H18BrNO5/c1-9(2)22-13-7-10(16)5-6-11(13)17-12(15(19)21-4)8-14(18)20-3/h5-9,17H,1-4H3/b12-8+. The zero-order chi connectivity index (χ0) is 16.7. The molecule has 0 unspecified atom stereocenters. The highest BCUT2D eigenvalue weighted by Crippen LogP contribution is 2.30. The Morgan fingerprint density at radius 2 is 1.91 bits per heavy atom. The number of hydrogen-bond donors (Lipinski definition) is 1. The second-order valence-electron chi connectivity index (χ2n) is 4.50. The lowest BCUT2D eigenvalue weighted by molar-refractivity contribution is -0.138. The van der Waals surface area contributed by atoms with E-state index in [0.717, 1.165) is 10.5 Å². The van der Waals surface area contributed by atoms with Crippen molar-refractivity contribution in [3.63, 3.8) is 0 Å². The number of benzene rings is 1. The minimum atomic E-state index is -0.691. The lowest BCUT2D eigenvalue weighted by Crippen LogP contribution is -2.16. The van der Waals surface area contributed by atoms with E-state index in [2.05, 4.69) is 30.7 Å². The van der Waals surface area contributed by atoms with Crippen molar-refractivity contribution in [3.05, 3.63) is 34.4 Å². The van der Waals surface area contributed by atoms with Gasteiger partial charge in [-0.25, -0.2) is 9.59 Å². The van der Waals surface area contributed by atoms with Crippen molar-refractivity contribution < 1.29 is 23.8 Å². The van der Waals surface area contributed by atoms with Crippen LogP contribution in [0.15, 0.2) is 34.4 Å². The van der Waals surface area contributed by atoms with Crippen molar-refractivity contribution in [2.45, 2.75) is 20.0 Å². The first-order chi connectivity index (χ1) is 10.4. The maximum absolute atomic E-state index is 11.8. The maximum Gasteiger partial charge on any atom is 0.354 e. The van der Waals surface area contributed by atoms with Crippen molar-refractivity contribution in [1.82, 2.24) is 0 Å². The molecule has 6 nitrogen and oxygen atoms in total. The summed E-state index contributed by atoms with van der Waals surface area (Å²) >= 11 is 3.36. The van der Waals surface area contributed by atoms with Crippen molar-refractivity contribution in [2.24, 2.45) is 0 Å². The molecule has 0 saturated carbocycles. The zero-order valence-electron chi connectivity index (χ0n) is 12.8. The number of anilines is 1. The molecule has 1 aromatic carbocycles. The van der Waals surface area contributed by atoms with E-state index < -0.39 is 11.9 Å². The number of methoxy groups -OCH3 is 2. The summed E-state index contributed by atoms with van der Waals surface area (Å²) in [7, 11) is 2.45. The summed E-state index contributed by atoms with van der Waals surface area (Å²) < 4.78 is 15.7. The Morgan fingerprint density at radius 3 is 2.45 bits per heavy atom. The van der Waals surface area contributed by atoms with E-state index in [1.807, 2.05) is 13.8 Å². The highest BCUT2D eigenvalue weighted by molar-refractivity contribution is 9.10. The van der Waals surface area contributed by atoms with Crippen LogP contribution < -0.4 is 10.1 Å². The largest absolute Gasteiger partial charge is 0.489 e. The van der Waals surface area contributed by atoms with Crippen molar-refractivity contribution >= 4 is 33.6 Å². The highest BCUT2D eigenvalue weighted by Gasteiger charge is 2.15. The number of hydrogen-bond acceptors (Lipinski definition) is 6. The molecule has 7 heteroatoms. The molecule has 0 aliphatic rings. The van der Waals surface area contributed by atoms with Gasteiger partial charge in [-0.05, 0) is 32.0 Å². The molecule has 0 spiro atoms. The minimum Gasteiger partial charge on any atom is -0.489 e. The molecule has 22 heavy (non-hydrogen) atoms. The van der Waals surface area contributed by atoms with E-state index in [4.69, 9.17) is 4.74 Å². The quantitative estimate of drug-likeness (QED) is 0.612. The fourth-order valence-electron chi connectivity index (χ4n) is 1.53. The zero-order valence-corrected chi connectivity index (χ0v) is 14.4. The first-order valence-corrected chi connectivity index (χ1v) is 7.27. The minimum absolute atomic E-state index is 0.0507. The van der Waals surface area contributed by atoms with Gasteiger partial charge in [-0.1, -0.05) is 15.9 Å². The van der Waals surface area contributed by atoms with Gasteiger partial charge in [-0.3, -0.25) is 0 Å². The molecular weight excluding hydrogens is 354 g/mol. The molecule has 120 valence electrons. The van der Waals surface area contributed by atoms with Gasteiger partial charge in [0.2, 0.25) is 0 Å². The second-order valence-corrected chi connectivity index (χ2v) is 5.42. The molecule has 1 N–H and O–H groups in total. The molecule has 0 radical (unpaired) electrons. The Kier molecular flexibility index (Phi) is 6.91. The molecule has 0 bridgehead atoms. The third-order valence-corrected chi connectivity index (χ3v) is 2.94. The van der Waals surface area contributed by atoms with E-state index in [-0.39, 0.29) is 11.8 Å². The van der Waals surface area contributed by atoms with Gasteiger partial charge in [0.25, 0.3) is 0 Å². The van der Waals surface area contributed by atoms with E-state index >= 15 is 0 Å². The lowest BCUT2D eigenvalue weighted by Gasteiger charge is -2.16. The molecule has 0 amide bonds. The van der Waals surface area contributed by atoms with Crippen molar-refractivity contribution in [1.29, 1.82) is 0 Å². The van der Waals surface area contributed by atoms with Crippen LogP contribution in [0.2, 0.25) is 0 Å². The van der Waals surface area contributed by atoms with Crippen LogP contribution in [-0.4, -0.2) is 32.3 Å². The van der Waals surface area contributed by atoms with Crippen LogP contribution >= 0.6 is 15.9 Å². The average molecular weight is 372 g/mol. The Balaban J connectivity index is 3.15. The van der Waals surface area contributed by atoms with Crippen LogP contribution in [0.4, 0.5) is 5.69 Å². The van der Waals surface area contributed by atoms with E-state index in [1.165, 1.54) is 14.2 Å². The predicted molar refractivity (Wildman–Crippen MR) is 85.6 cm³/mol. The Morgan fingerprint density at radius 1 is 1.23 bits per heavy atom. The van der Waals surface area contributed by atoms with Gasteiger partial charge >= 0.3 is 11.9 Å². The molecule has 0 fully saturated rings. The molecular formula is C15H18BrNO5. The maximum atomic E-state index is 11.8. The summed E-state index contributed by atoms with van der Waals surface area (Å²) in [5.41, 5.74) is 0.475. The SMILES string of the molecule is COC(=O)/C=C(/Nc1ccc(Br)cc1OC(C)C)C(=O)OC. The lowest BCUT2D eigenvalue weighted by atomic mass is 10.2. The Hall–Kier alpha value is -2.02. The van der Waals surface area contributed by atoms with Gasteiger partial charge in [-0.15, -0.1) is 0 Å². The third kappa shape index (κ3) is 5.40. The van der Waals surface area contributed by atoms with Crippen LogP contribution in [-0.2, 0) is 19.1 Å². The van der Waals surface area contributed by atoms with E-state index in [0.29, 0.717) is 11.4 Å². The fraction of sp³-hybridized carbons (Fsp3) is 0.333. The van der Waals surface area contributed by atoms with Crippen molar-refractivity contribution in [2.75, 3.05) is 19.5 Å². The van der Waals surface area contributed by atoms with Gasteiger partial charge in [0.15, 0.2) is 0 Å². The Bertz CT molecular complexity index is 583. The summed E-state index contributed by atoms with van der Waals surface area (Å²) in [4.78, 5) is 23.1. The van der Waals surface area contributed by atoms with Crippen LogP contribution in [0, 0.1) is 0 Å². The number of halogens is 1. The molecule has 0 atom stereocenters. The monoisotopic (exact) mass is 371 g/mol. The smallest absolute Gasteiger partial charge is 0.354 e. The third-order valence-electron chi connectivity index (χ3n) is 2.44. The van der Waals surface area contributed by atoms with Gasteiger partial charge in [-0.2, -0.15) is 0 Å². The highest BCUT2D eigenvalue weighted by atomic mass is 79.9. The number of carbonyl (C=O) groups is 2. The van der Waals surface area contributed by atoms with Gasteiger partial charge in [0.1, 0.15) is 11.4 Å². The number of ether oxygens (including phenoxy) is 3. The molecule has 0 aromatic heterocycles. The van der Waals surface area contributed by atoms with Crippen LogP contribution in [0.3, 0.4) is 0 Å². The molecule has 1 rings (SSSR count). The van der Waals surface area contributed by atoms with Gasteiger partial charge in [0, 0.05) is 4.47 Å². The van der Waals surface area contributed by atoms with Crippen LogP contribution in [0.1, 0.15) is 13.8 Å². The predicted octanol–water partition coefficient (Wildman–Crippen LogP) is 2.88. The van der Waals surface area contributed by atoms with Crippen molar-refractivity contribution in [3.8, 4) is 5.75 Å². The van der Waals surface area contributed by atoms with Gasteiger partial charge in [0.05, 0.1) is 32.1 Å². The number of carbonyl (C=O) groups excluding carboxylic acids is 2. The first kappa shape index (κ1) is 18.0. The van der Waals surface area contributed by atoms with Gasteiger partial charge < -0.3 is 19.5 Å². The normalized spacial score (nSPS) is 11.1. The van der Waals surface area contributed by atoms with Crippen LogP contribution in [0.25, 0.3) is 0 Å². The second kappa shape index (κ2) is 8.43.